The van der Waals surface area contributed by atoms with Gasteiger partial charge in [-0.25, -0.2) is 0 Å². The number of thiocarbonyl (C=S) groups is 2. The van der Waals surface area contributed by atoms with Crippen LogP contribution in [0.3, 0.4) is 0 Å². The lowest BCUT2D eigenvalue weighted by molar-refractivity contribution is -0.302. The molecule has 198 valence electrons. The fourth-order valence-corrected chi connectivity index (χ4v) is 3.33. The second kappa shape index (κ2) is 16.1. The van der Waals surface area contributed by atoms with Crippen molar-refractivity contribution in [3.63, 3.8) is 0 Å². The summed E-state index contributed by atoms with van der Waals surface area (Å²) in [4.78, 5) is 0. The summed E-state index contributed by atoms with van der Waals surface area (Å²) < 4.78 is 21.4. The summed E-state index contributed by atoms with van der Waals surface area (Å²) in [6, 6.07) is 7.52. The van der Waals surface area contributed by atoms with Crippen LogP contribution in [0.1, 0.15) is 0 Å². The zero-order valence-electron chi connectivity index (χ0n) is 19.4. The molecule has 1 fully saturated rings. The van der Waals surface area contributed by atoms with Crippen molar-refractivity contribution in [2.24, 2.45) is 0 Å². The van der Waals surface area contributed by atoms with Crippen molar-refractivity contribution in [3.8, 4) is 0 Å². The molecule has 1 heterocycles. The first-order chi connectivity index (χ1) is 16.8. The van der Waals surface area contributed by atoms with E-state index in [-0.39, 0.29) is 13.2 Å². The predicted molar refractivity (Wildman–Crippen MR) is 137 cm³/mol. The Morgan fingerprint density at radius 1 is 0.857 bits per heavy atom. The molecule has 0 radical (unpaired) electrons. The molecular weight excluding hydrogens is 500 g/mol. The van der Waals surface area contributed by atoms with E-state index >= 15 is 0 Å². The number of hydrogen-bond donors (Lipinski definition) is 8. The van der Waals surface area contributed by atoms with Gasteiger partial charge in [-0.15, -0.1) is 0 Å². The molecule has 1 aromatic rings. The molecule has 0 amide bonds. The van der Waals surface area contributed by atoms with E-state index in [1.807, 2.05) is 24.3 Å². The Labute approximate surface area is 214 Å². The molecule has 1 aromatic carbocycles. The summed E-state index contributed by atoms with van der Waals surface area (Å²) in [5.41, 5.74) is 1.70. The number of anilines is 2. The number of ether oxygens (including phenoxy) is 4. The van der Waals surface area contributed by atoms with Gasteiger partial charge in [0.25, 0.3) is 0 Å². The number of nitrogens with one attached hydrogen (secondary N) is 4. The molecule has 0 bridgehead atoms. The van der Waals surface area contributed by atoms with E-state index in [1.54, 1.807) is 7.05 Å². The number of benzene rings is 1. The lowest BCUT2D eigenvalue weighted by Gasteiger charge is -2.39. The van der Waals surface area contributed by atoms with E-state index in [0.717, 1.165) is 11.4 Å². The Morgan fingerprint density at radius 3 is 2.03 bits per heavy atom. The van der Waals surface area contributed by atoms with Gasteiger partial charge in [-0.1, -0.05) is 0 Å². The second-order valence-electron chi connectivity index (χ2n) is 7.46. The molecule has 0 aliphatic carbocycles. The quantitative estimate of drug-likeness (QED) is 0.112. The summed E-state index contributed by atoms with van der Waals surface area (Å²) in [6.45, 7) is 1.43. The molecule has 0 saturated carbocycles. The molecule has 14 heteroatoms. The molecule has 8 N–H and O–H groups in total. The van der Waals surface area contributed by atoms with Crippen LogP contribution in [0, 0.1) is 0 Å². The highest BCUT2D eigenvalue weighted by atomic mass is 32.1. The highest BCUT2D eigenvalue weighted by molar-refractivity contribution is 7.80. The fourth-order valence-electron chi connectivity index (χ4n) is 2.99. The van der Waals surface area contributed by atoms with Crippen molar-refractivity contribution in [1.82, 2.24) is 10.6 Å². The topological polar surface area (TPSA) is 166 Å². The van der Waals surface area contributed by atoms with E-state index in [0.29, 0.717) is 36.6 Å². The van der Waals surface area contributed by atoms with Gasteiger partial charge in [0, 0.05) is 25.0 Å². The first kappa shape index (κ1) is 29.5. The standard InChI is InChI=1S/C21H34N4O8S2/c1-22-20(34)24-13-2-4-14(5-3-13)25-21(35)23-6-7-30-8-9-31-10-11-32-19-18(29)17(28)16(27)15(12-26)33-19/h2-5,15-19,26-29H,6-12H2,1H3,(H2,22,24,34)(H2,23,25,35)/t15?,16-,17+,18?,19+/m1/s1. The zero-order valence-corrected chi connectivity index (χ0v) is 21.0. The Bertz CT molecular complexity index is 774. The Kier molecular flexibility index (Phi) is 13.6. The van der Waals surface area contributed by atoms with E-state index in [2.05, 4.69) is 21.3 Å². The minimum absolute atomic E-state index is 0.0867. The van der Waals surface area contributed by atoms with Gasteiger partial charge in [0.1, 0.15) is 24.4 Å². The van der Waals surface area contributed by atoms with Gasteiger partial charge in [-0.2, -0.15) is 0 Å². The highest BCUT2D eigenvalue weighted by Crippen LogP contribution is 2.21. The summed E-state index contributed by atoms with van der Waals surface area (Å²) in [7, 11) is 1.75. The molecule has 0 spiro atoms. The fraction of sp³-hybridized carbons (Fsp3) is 0.619. The third-order valence-electron chi connectivity index (χ3n) is 4.89. The van der Waals surface area contributed by atoms with Crippen molar-refractivity contribution in [2.45, 2.75) is 30.7 Å². The maximum atomic E-state index is 9.88. The molecule has 1 saturated heterocycles. The summed E-state index contributed by atoms with van der Waals surface area (Å²) >= 11 is 10.3. The number of aliphatic hydroxyl groups excluding tert-OH is 4. The lowest BCUT2D eigenvalue weighted by atomic mass is 9.99. The van der Waals surface area contributed by atoms with Gasteiger partial charge in [-0.05, 0) is 48.7 Å². The van der Waals surface area contributed by atoms with Gasteiger partial charge in [0.05, 0.1) is 39.6 Å². The first-order valence-corrected chi connectivity index (χ1v) is 11.9. The third kappa shape index (κ3) is 10.4. The highest BCUT2D eigenvalue weighted by Gasteiger charge is 2.43. The lowest BCUT2D eigenvalue weighted by Crippen LogP contribution is -2.59. The van der Waals surface area contributed by atoms with Gasteiger partial charge in [-0.3, -0.25) is 0 Å². The summed E-state index contributed by atoms with van der Waals surface area (Å²) in [6.07, 6.45) is -6.49. The Balaban J connectivity index is 1.47. The zero-order chi connectivity index (χ0) is 25.6. The molecule has 2 unspecified atom stereocenters. The van der Waals surface area contributed by atoms with Crippen molar-refractivity contribution in [1.29, 1.82) is 0 Å². The van der Waals surface area contributed by atoms with Crippen LogP contribution in [-0.4, -0.2) is 115 Å². The summed E-state index contributed by atoms with van der Waals surface area (Å²) in [5, 5.41) is 51.5. The number of aliphatic hydroxyl groups is 4. The van der Waals surface area contributed by atoms with Crippen LogP contribution >= 0.6 is 24.4 Å². The number of rotatable bonds is 13. The van der Waals surface area contributed by atoms with E-state index in [1.165, 1.54) is 0 Å². The number of hydrogen-bond acceptors (Lipinski definition) is 10. The average molecular weight is 535 g/mol. The van der Waals surface area contributed by atoms with E-state index in [4.69, 9.17) is 48.5 Å². The Hall–Kier alpha value is -1.72. The van der Waals surface area contributed by atoms with Crippen LogP contribution in [0.5, 0.6) is 0 Å². The molecule has 1 aliphatic rings. The van der Waals surface area contributed by atoms with Crippen LogP contribution in [0.4, 0.5) is 11.4 Å². The van der Waals surface area contributed by atoms with Gasteiger partial charge >= 0.3 is 0 Å². The largest absolute Gasteiger partial charge is 0.394 e. The summed E-state index contributed by atoms with van der Waals surface area (Å²) in [5.74, 6) is 0. The van der Waals surface area contributed by atoms with Crippen molar-refractivity contribution < 1.29 is 39.4 Å². The van der Waals surface area contributed by atoms with Crippen molar-refractivity contribution in [3.05, 3.63) is 24.3 Å². The molecule has 1 aliphatic heterocycles. The molecule has 2 rings (SSSR count). The first-order valence-electron chi connectivity index (χ1n) is 11.1. The van der Waals surface area contributed by atoms with Gasteiger partial charge in [0.15, 0.2) is 16.5 Å². The van der Waals surface area contributed by atoms with Crippen molar-refractivity contribution >= 4 is 46.0 Å². The van der Waals surface area contributed by atoms with Gasteiger partial charge < -0.3 is 60.6 Å². The van der Waals surface area contributed by atoms with Crippen LogP contribution in [0.2, 0.25) is 0 Å². The molecule has 35 heavy (non-hydrogen) atoms. The molecular formula is C21H34N4O8S2. The second-order valence-corrected chi connectivity index (χ2v) is 8.27. The Morgan fingerprint density at radius 2 is 1.43 bits per heavy atom. The van der Waals surface area contributed by atoms with Crippen molar-refractivity contribution in [2.75, 3.05) is 63.9 Å². The maximum absolute atomic E-state index is 9.88. The average Bonchev–Trinajstić information content (AvgIpc) is 2.86. The SMILES string of the molecule is CNC(=S)Nc1ccc(NC(=S)NCCOCCOCCO[C@H]2OC(CO)[C@@H](O)[C@H](O)C2O)cc1. The normalized spacial score (nSPS) is 24.0. The smallest absolute Gasteiger partial charge is 0.186 e. The van der Waals surface area contributed by atoms with Gasteiger partial charge in [0.2, 0.25) is 0 Å². The maximum Gasteiger partial charge on any atom is 0.186 e. The minimum Gasteiger partial charge on any atom is -0.394 e. The van der Waals surface area contributed by atoms with E-state index < -0.39 is 37.3 Å². The predicted octanol–water partition coefficient (Wildman–Crippen LogP) is -1.26. The molecule has 0 aromatic heterocycles. The van der Waals surface area contributed by atoms with E-state index in [9.17, 15) is 15.3 Å². The molecule has 5 atom stereocenters. The minimum atomic E-state index is -1.47. The van der Waals surface area contributed by atoms with Crippen LogP contribution in [-0.2, 0) is 18.9 Å². The van der Waals surface area contributed by atoms with Crippen LogP contribution in [0.15, 0.2) is 24.3 Å². The third-order valence-corrected chi connectivity index (χ3v) is 5.44. The monoisotopic (exact) mass is 534 g/mol. The van der Waals surface area contributed by atoms with Crippen LogP contribution < -0.4 is 21.3 Å². The molecule has 12 nitrogen and oxygen atoms in total. The van der Waals surface area contributed by atoms with Crippen LogP contribution in [0.25, 0.3) is 0 Å².